The van der Waals surface area contributed by atoms with Gasteiger partial charge in [0, 0.05) is 48.2 Å². The van der Waals surface area contributed by atoms with Crippen LogP contribution in [0.2, 0.25) is 0 Å². The van der Waals surface area contributed by atoms with Crippen molar-refractivity contribution in [1.82, 2.24) is 9.88 Å². The number of rotatable bonds is 16. The molecule has 0 spiro atoms. The zero-order valence-electron chi connectivity index (χ0n) is 30.4. The molecule has 53 heavy (non-hydrogen) atoms. The molecular weight excluding hydrogens is 694 g/mol. The summed E-state index contributed by atoms with van der Waals surface area (Å²) in [6.07, 6.45) is -0.563. The smallest absolute Gasteiger partial charge is 0.550 e. The van der Waals surface area contributed by atoms with E-state index in [2.05, 4.69) is 5.32 Å². The summed E-state index contributed by atoms with van der Waals surface area (Å²) in [5, 5.41) is 34.8. The van der Waals surface area contributed by atoms with Crippen LogP contribution in [0.5, 0.6) is 0 Å². The summed E-state index contributed by atoms with van der Waals surface area (Å²) in [7, 11) is 0. The Morgan fingerprint density at radius 3 is 1.96 bits per heavy atom. The van der Waals surface area contributed by atoms with E-state index in [0.29, 0.717) is 33.5 Å². The average Bonchev–Trinajstić information content (AvgIpc) is 3.45. The van der Waals surface area contributed by atoms with E-state index in [-0.39, 0.29) is 78.6 Å². The van der Waals surface area contributed by atoms with E-state index in [1.165, 1.54) is 36.4 Å². The van der Waals surface area contributed by atoms with Gasteiger partial charge in [0.15, 0.2) is 0 Å². The number of ether oxygens (including phenoxy) is 2. The van der Waals surface area contributed by atoms with Crippen molar-refractivity contribution in [3.63, 3.8) is 0 Å². The van der Waals surface area contributed by atoms with Crippen molar-refractivity contribution < 1.29 is 77.9 Å². The third-order valence-electron chi connectivity index (χ3n) is 8.03. The summed E-state index contributed by atoms with van der Waals surface area (Å²) in [4.78, 5) is 50.8. The van der Waals surface area contributed by atoms with Gasteiger partial charge in [-0.1, -0.05) is 48.5 Å². The predicted molar refractivity (Wildman–Crippen MR) is 190 cm³/mol. The van der Waals surface area contributed by atoms with Crippen molar-refractivity contribution in [3.05, 3.63) is 113 Å². The fourth-order valence-electron chi connectivity index (χ4n) is 5.89. The molecule has 0 bridgehead atoms. The Hall–Kier alpha value is -4.59. The second-order valence-electron chi connectivity index (χ2n) is 12.3. The minimum Gasteiger partial charge on any atom is -0.550 e. The second-order valence-corrected chi connectivity index (χ2v) is 12.3. The minimum atomic E-state index is -1.45. The molecule has 0 radical (unpaired) electrons. The van der Waals surface area contributed by atoms with Gasteiger partial charge in [-0.3, -0.25) is 4.79 Å². The number of aliphatic carboxylic acids is 1. The quantitative estimate of drug-likeness (QED) is 0.115. The van der Waals surface area contributed by atoms with Crippen LogP contribution in [-0.2, 0) is 20.8 Å². The number of carboxylic acid groups (broad SMARTS) is 1. The molecule has 274 valence electrons. The van der Waals surface area contributed by atoms with Crippen molar-refractivity contribution in [3.8, 4) is 22.3 Å². The van der Waals surface area contributed by atoms with Crippen LogP contribution < -0.4 is 40.0 Å². The summed E-state index contributed by atoms with van der Waals surface area (Å²) in [5.74, 6) is -3.72. The molecule has 0 unspecified atom stereocenters. The Morgan fingerprint density at radius 2 is 1.43 bits per heavy atom. The van der Waals surface area contributed by atoms with E-state index in [1.807, 2.05) is 44.2 Å². The zero-order chi connectivity index (χ0) is 37.9. The first-order chi connectivity index (χ1) is 24.8. The molecule has 0 saturated heterocycles. The summed E-state index contributed by atoms with van der Waals surface area (Å²) >= 11 is 0. The van der Waals surface area contributed by atoms with E-state index in [4.69, 9.17) is 9.47 Å². The number of aliphatic hydroxyl groups excluding tert-OH is 2. The van der Waals surface area contributed by atoms with Crippen LogP contribution in [0.3, 0.4) is 0 Å². The first-order valence-corrected chi connectivity index (χ1v) is 16.9. The molecule has 1 amide bonds. The first-order valence-electron chi connectivity index (χ1n) is 16.9. The number of benzene rings is 3. The van der Waals surface area contributed by atoms with Gasteiger partial charge in [0.2, 0.25) is 0 Å². The molecule has 0 saturated carbocycles. The molecule has 0 fully saturated rings. The molecule has 3 N–H and O–H groups in total. The third-order valence-corrected chi connectivity index (χ3v) is 8.03. The molecule has 0 aliphatic carbocycles. The van der Waals surface area contributed by atoms with Gasteiger partial charge in [-0.15, -0.1) is 0 Å². The number of hydrogen-bond donors (Lipinski definition) is 3. The number of carbonyl (C=O) groups excluding carboxylic acids is 4. The molecule has 4 aromatic rings. The fraction of sp³-hybridized carbons (Fsp3) is 0.300. The van der Waals surface area contributed by atoms with Gasteiger partial charge in [0.25, 0.3) is 5.91 Å². The number of nitrogens with one attached hydrogen (secondary N) is 1. The number of amides is 1. The van der Waals surface area contributed by atoms with Crippen molar-refractivity contribution in [2.45, 2.75) is 65.3 Å². The maximum absolute atomic E-state index is 14.5. The molecule has 13 heteroatoms. The van der Waals surface area contributed by atoms with Crippen LogP contribution in [0.4, 0.5) is 4.39 Å². The van der Waals surface area contributed by atoms with Crippen LogP contribution in [-0.4, -0.2) is 64.0 Å². The number of aliphatic hydroxyl groups is 2. The fourth-order valence-corrected chi connectivity index (χ4v) is 5.89. The summed E-state index contributed by atoms with van der Waals surface area (Å²) in [6.45, 7) is 7.20. The van der Waals surface area contributed by atoms with Crippen molar-refractivity contribution >= 4 is 29.9 Å². The first kappa shape index (κ1) is 42.8. The molecule has 11 nitrogen and oxygen atoms in total. The van der Waals surface area contributed by atoms with E-state index >= 15 is 0 Å². The van der Waals surface area contributed by atoms with Crippen molar-refractivity contribution in [1.29, 1.82) is 0 Å². The average molecular weight is 737 g/mol. The van der Waals surface area contributed by atoms with Crippen molar-refractivity contribution in [2.75, 3.05) is 13.2 Å². The normalized spacial score (nSPS) is 12.2. The number of nitrogens with zero attached hydrogens (tertiary/aromatic N) is 1. The van der Waals surface area contributed by atoms with Gasteiger partial charge in [0.1, 0.15) is 11.5 Å². The number of esters is 2. The molecule has 0 aliphatic heterocycles. The Labute approximate surface area is 329 Å². The van der Waals surface area contributed by atoms with Gasteiger partial charge in [0.05, 0.1) is 36.5 Å². The van der Waals surface area contributed by atoms with Crippen molar-refractivity contribution in [2.24, 2.45) is 0 Å². The number of carbonyl (C=O) groups is 4. The Balaban J connectivity index is 0.00000756. The molecule has 1 heterocycles. The van der Waals surface area contributed by atoms with E-state index in [9.17, 15) is 38.9 Å². The molecule has 2 atom stereocenters. The number of aromatic nitrogens is 1. The van der Waals surface area contributed by atoms with Crippen LogP contribution in [0.1, 0.15) is 89.0 Å². The monoisotopic (exact) mass is 736 g/mol. The summed E-state index contributed by atoms with van der Waals surface area (Å²) in [5.41, 5.74) is 3.67. The standard InChI is InChI=1S/C40H43FN2O9.Na/c1-5-51-39(49)28-18-25(19-29(20-28)40(50)52-6-2)23-42-38(48)37-36(26-10-8-7-9-11-26)35(27-12-14-30(41)15-13-27)33(43(37)24(3)4)17-16-31(44)21-32(45)22-34(46)47;/h7-20,24,31-32,44-45H,5-6,21-23H2,1-4H3,(H,42,48)(H,46,47);/q;+1/p-1/b17-16+;/t31-,32-;/m1./s1. The SMILES string of the molecule is CCOC(=O)c1cc(CNC(=O)c2c(-c3ccccc3)c(-c3ccc(F)cc3)c(/C=C/[C@@H](O)C[C@@H](O)CC(=O)[O-])n2C(C)C)cc(C(=O)OCC)c1.[Na+]. The molecule has 3 aromatic carbocycles. The maximum atomic E-state index is 14.5. The van der Waals surface area contributed by atoms with Gasteiger partial charge in [-0.25, -0.2) is 14.0 Å². The van der Waals surface area contributed by atoms with Gasteiger partial charge in [-0.2, -0.15) is 0 Å². The van der Waals surface area contributed by atoms with E-state index < -0.39 is 48.3 Å². The van der Waals surface area contributed by atoms with E-state index in [0.717, 1.165) is 0 Å². The topological polar surface area (TPSA) is 167 Å². The summed E-state index contributed by atoms with van der Waals surface area (Å²) < 4.78 is 26.3. The molecule has 0 aliphatic rings. The van der Waals surface area contributed by atoms with Crippen LogP contribution >= 0.6 is 0 Å². The maximum Gasteiger partial charge on any atom is 1.00 e. The van der Waals surface area contributed by atoms with Crippen LogP contribution in [0, 0.1) is 5.82 Å². The Morgan fingerprint density at radius 1 is 0.868 bits per heavy atom. The van der Waals surface area contributed by atoms with Gasteiger partial charge >= 0.3 is 41.5 Å². The number of hydrogen-bond acceptors (Lipinski definition) is 9. The predicted octanol–water partition coefficient (Wildman–Crippen LogP) is 2.09. The second kappa shape index (κ2) is 20.0. The molecular formula is C40H42FN2NaO9. The van der Waals surface area contributed by atoms with Crippen LogP contribution in [0.15, 0.2) is 78.9 Å². The molecule has 1 aromatic heterocycles. The minimum absolute atomic E-state index is 0. The summed E-state index contributed by atoms with van der Waals surface area (Å²) in [6, 6.07) is 18.9. The Bertz CT molecular complexity index is 1890. The van der Waals surface area contributed by atoms with Gasteiger partial charge in [-0.05, 0) is 80.8 Å². The number of halogens is 1. The number of carboxylic acids is 1. The Kier molecular flexibility index (Phi) is 16.2. The molecule has 4 rings (SSSR count). The van der Waals surface area contributed by atoms with Gasteiger partial charge < -0.3 is 39.5 Å². The third kappa shape index (κ3) is 11.2. The van der Waals surface area contributed by atoms with E-state index in [1.54, 1.807) is 36.6 Å². The van der Waals surface area contributed by atoms with Crippen LogP contribution in [0.25, 0.3) is 28.3 Å². The zero-order valence-corrected chi connectivity index (χ0v) is 32.4. The largest absolute Gasteiger partial charge is 1.00 e.